The summed E-state index contributed by atoms with van der Waals surface area (Å²) in [4.78, 5) is 51.4. The average molecular weight is 474 g/mol. The number of anilines is 2. The van der Waals surface area contributed by atoms with Gasteiger partial charge in [0.15, 0.2) is 12.3 Å². The van der Waals surface area contributed by atoms with Crippen molar-refractivity contribution in [2.45, 2.75) is 13.3 Å². The van der Waals surface area contributed by atoms with Gasteiger partial charge in [-0.2, -0.15) is 0 Å². The van der Waals surface area contributed by atoms with Crippen LogP contribution in [0.1, 0.15) is 23.0 Å². The van der Waals surface area contributed by atoms with Gasteiger partial charge in [-0.1, -0.05) is 12.1 Å². The highest BCUT2D eigenvalue weighted by atomic mass is 32.1. The van der Waals surface area contributed by atoms with Crippen molar-refractivity contribution in [3.8, 4) is 10.7 Å². The second-order valence-electron chi connectivity index (χ2n) is 7.63. The summed E-state index contributed by atoms with van der Waals surface area (Å²) in [7, 11) is 0. The van der Waals surface area contributed by atoms with Crippen molar-refractivity contribution >= 4 is 50.7 Å². The van der Waals surface area contributed by atoms with Crippen molar-refractivity contribution in [1.82, 2.24) is 15.0 Å². The van der Waals surface area contributed by atoms with Crippen molar-refractivity contribution < 1.29 is 19.1 Å². The summed E-state index contributed by atoms with van der Waals surface area (Å²) >= 11 is 1.39. The number of esters is 1. The minimum absolute atomic E-state index is 0.00351. The molecule has 4 aromatic rings. The Balaban J connectivity index is 1.26. The summed E-state index contributed by atoms with van der Waals surface area (Å²) in [5, 5.41) is 3.27. The van der Waals surface area contributed by atoms with Gasteiger partial charge in [0.05, 0.1) is 10.2 Å². The van der Waals surface area contributed by atoms with Crippen LogP contribution in [0.4, 0.5) is 11.4 Å². The third-order valence-corrected chi connectivity index (χ3v) is 6.40. The molecule has 0 fully saturated rings. The van der Waals surface area contributed by atoms with Crippen molar-refractivity contribution in [2.24, 2.45) is 0 Å². The monoisotopic (exact) mass is 473 g/mol. The van der Waals surface area contributed by atoms with Gasteiger partial charge in [0, 0.05) is 37.2 Å². The number of ether oxygens (including phenoxy) is 1. The summed E-state index contributed by atoms with van der Waals surface area (Å²) in [6.45, 7) is 1.67. The van der Waals surface area contributed by atoms with E-state index in [0.717, 1.165) is 27.9 Å². The first-order valence-corrected chi connectivity index (χ1v) is 11.4. The second-order valence-corrected chi connectivity index (χ2v) is 8.66. The van der Waals surface area contributed by atoms with Gasteiger partial charge in [-0.15, -0.1) is 11.3 Å². The zero-order chi connectivity index (χ0) is 23.7. The van der Waals surface area contributed by atoms with Gasteiger partial charge in [-0.3, -0.25) is 9.59 Å². The SMILES string of the molecule is CC(=O)N1CCc2cc(NC(=O)COC(=O)c3nccnc3-c3nc4ccccc4s3)ccc21. The molecular weight excluding hydrogens is 454 g/mol. The highest BCUT2D eigenvalue weighted by molar-refractivity contribution is 7.21. The number of aromatic nitrogens is 3. The van der Waals surface area contributed by atoms with E-state index in [1.165, 1.54) is 30.7 Å². The maximum absolute atomic E-state index is 12.7. The van der Waals surface area contributed by atoms with Gasteiger partial charge in [-0.05, 0) is 42.3 Å². The number of fused-ring (bicyclic) bond motifs is 2. The van der Waals surface area contributed by atoms with Crippen molar-refractivity contribution in [3.63, 3.8) is 0 Å². The first-order chi connectivity index (χ1) is 16.5. The lowest BCUT2D eigenvalue weighted by molar-refractivity contribution is -0.119. The molecule has 2 aromatic carbocycles. The van der Waals surface area contributed by atoms with Crippen LogP contribution in [0.5, 0.6) is 0 Å². The van der Waals surface area contributed by atoms with Gasteiger partial charge < -0.3 is 15.0 Å². The third kappa shape index (κ3) is 4.23. The average Bonchev–Trinajstić information content (AvgIpc) is 3.46. The predicted octanol–water partition coefficient (Wildman–Crippen LogP) is 3.46. The predicted molar refractivity (Wildman–Crippen MR) is 128 cm³/mol. The molecule has 1 aliphatic heterocycles. The van der Waals surface area contributed by atoms with E-state index in [2.05, 4.69) is 20.3 Å². The highest BCUT2D eigenvalue weighted by Gasteiger charge is 2.23. The lowest BCUT2D eigenvalue weighted by Crippen LogP contribution is -2.25. The van der Waals surface area contributed by atoms with Gasteiger partial charge in [0.25, 0.3) is 5.91 Å². The van der Waals surface area contributed by atoms with Crippen LogP contribution in [0.15, 0.2) is 54.9 Å². The molecule has 9 nitrogen and oxygen atoms in total. The molecule has 5 rings (SSSR count). The molecule has 2 aromatic heterocycles. The first kappa shape index (κ1) is 21.7. The second kappa shape index (κ2) is 8.99. The Morgan fingerprint density at radius 1 is 1.12 bits per heavy atom. The molecule has 170 valence electrons. The normalized spacial score (nSPS) is 12.4. The summed E-state index contributed by atoms with van der Waals surface area (Å²) < 4.78 is 6.17. The number of amides is 2. The molecule has 0 saturated carbocycles. The molecule has 3 heterocycles. The van der Waals surface area contributed by atoms with E-state index in [-0.39, 0.29) is 11.6 Å². The Labute approximate surface area is 198 Å². The highest BCUT2D eigenvalue weighted by Crippen LogP contribution is 2.31. The molecular formula is C24H19N5O4S. The molecule has 0 radical (unpaired) electrons. The number of carbonyl (C=O) groups is 3. The zero-order valence-corrected chi connectivity index (χ0v) is 19.0. The maximum atomic E-state index is 12.7. The minimum Gasteiger partial charge on any atom is -0.451 e. The van der Waals surface area contributed by atoms with Crippen LogP contribution in [0.3, 0.4) is 0 Å². The molecule has 10 heteroatoms. The summed E-state index contributed by atoms with van der Waals surface area (Å²) in [6, 6.07) is 13.0. The number of thiazole rings is 1. The van der Waals surface area contributed by atoms with Gasteiger partial charge >= 0.3 is 5.97 Å². The van der Waals surface area contributed by atoms with Crippen LogP contribution >= 0.6 is 11.3 Å². The topological polar surface area (TPSA) is 114 Å². The number of nitrogens with zero attached hydrogens (tertiary/aromatic N) is 4. The smallest absolute Gasteiger partial charge is 0.359 e. The molecule has 34 heavy (non-hydrogen) atoms. The van der Waals surface area contributed by atoms with Crippen LogP contribution in [0.2, 0.25) is 0 Å². The third-order valence-electron chi connectivity index (χ3n) is 5.36. The van der Waals surface area contributed by atoms with Crippen molar-refractivity contribution in [2.75, 3.05) is 23.4 Å². The minimum atomic E-state index is -0.761. The van der Waals surface area contributed by atoms with E-state index in [1.54, 1.807) is 17.0 Å². The standard InChI is InChI=1S/C24H19N5O4S/c1-14(30)29-11-8-15-12-16(6-7-18(15)29)27-20(31)13-33-24(32)22-21(25-9-10-26-22)23-28-17-4-2-3-5-19(17)34-23/h2-7,9-10,12H,8,11,13H2,1H3,(H,27,31). The Morgan fingerprint density at radius 3 is 2.76 bits per heavy atom. The fourth-order valence-electron chi connectivity index (χ4n) is 3.82. The van der Waals surface area contributed by atoms with Crippen LogP contribution in [0.25, 0.3) is 20.9 Å². The lowest BCUT2D eigenvalue weighted by Gasteiger charge is -2.15. The zero-order valence-electron chi connectivity index (χ0n) is 18.1. The van der Waals surface area contributed by atoms with E-state index in [4.69, 9.17) is 4.74 Å². The van der Waals surface area contributed by atoms with Crippen molar-refractivity contribution in [3.05, 3.63) is 66.1 Å². The molecule has 0 aliphatic carbocycles. The Hall–Kier alpha value is -4.18. The first-order valence-electron chi connectivity index (χ1n) is 10.5. The molecule has 2 amide bonds. The van der Waals surface area contributed by atoms with Crippen LogP contribution in [-0.2, 0) is 20.7 Å². The molecule has 0 saturated heterocycles. The molecule has 1 N–H and O–H groups in total. The Kier molecular flexibility index (Phi) is 5.72. The maximum Gasteiger partial charge on any atom is 0.359 e. The van der Waals surface area contributed by atoms with E-state index in [9.17, 15) is 14.4 Å². The molecule has 1 aliphatic rings. The fourth-order valence-corrected chi connectivity index (χ4v) is 4.78. The van der Waals surface area contributed by atoms with Crippen molar-refractivity contribution in [1.29, 1.82) is 0 Å². The molecule has 0 spiro atoms. The Morgan fingerprint density at radius 2 is 1.94 bits per heavy atom. The van der Waals surface area contributed by atoms with Gasteiger partial charge in [0.2, 0.25) is 5.91 Å². The summed E-state index contributed by atoms with van der Waals surface area (Å²) in [5.41, 5.74) is 3.50. The number of carbonyl (C=O) groups excluding carboxylic acids is 3. The quantitative estimate of drug-likeness (QED) is 0.442. The number of nitrogens with one attached hydrogen (secondary N) is 1. The number of hydrogen-bond acceptors (Lipinski definition) is 8. The molecule has 0 bridgehead atoms. The molecule has 0 unspecified atom stereocenters. The van der Waals surface area contributed by atoms with Gasteiger partial charge in [-0.25, -0.2) is 19.7 Å². The number of rotatable bonds is 5. The van der Waals surface area contributed by atoms with E-state index < -0.39 is 18.5 Å². The van der Waals surface area contributed by atoms with E-state index >= 15 is 0 Å². The summed E-state index contributed by atoms with van der Waals surface area (Å²) in [6.07, 6.45) is 3.59. The number of benzene rings is 2. The fraction of sp³-hybridized carbons (Fsp3) is 0.167. The lowest BCUT2D eigenvalue weighted by atomic mass is 10.1. The number of para-hydroxylation sites is 1. The summed E-state index contributed by atoms with van der Waals surface area (Å²) in [5.74, 6) is -1.26. The van der Waals surface area contributed by atoms with Gasteiger partial charge in [0.1, 0.15) is 10.7 Å². The Bertz CT molecular complexity index is 1400. The number of hydrogen-bond donors (Lipinski definition) is 1. The molecule has 0 atom stereocenters. The van der Waals surface area contributed by atoms with Crippen LogP contribution in [0, 0.1) is 0 Å². The van der Waals surface area contributed by atoms with Crippen LogP contribution < -0.4 is 10.2 Å². The van der Waals surface area contributed by atoms with E-state index in [0.29, 0.717) is 22.9 Å². The largest absolute Gasteiger partial charge is 0.451 e. The van der Waals surface area contributed by atoms with Crippen LogP contribution in [-0.4, -0.2) is 45.9 Å². The van der Waals surface area contributed by atoms with E-state index in [1.807, 2.05) is 30.3 Å².